The topological polar surface area (TPSA) is 55.8 Å². The number of carboxylic acid groups (broad SMARTS) is 1. The Morgan fingerprint density at radius 2 is 1.42 bits per heavy atom. The van der Waals surface area contributed by atoms with Crippen molar-refractivity contribution < 1.29 is 19.4 Å². The third-order valence-electron chi connectivity index (χ3n) is 4.50. The molecule has 0 aliphatic rings. The number of unbranched alkanes of at least 4 members (excludes halogenated alkanes) is 9. The van der Waals surface area contributed by atoms with Gasteiger partial charge in [-0.3, -0.25) is 0 Å². The van der Waals surface area contributed by atoms with Crippen LogP contribution in [0.3, 0.4) is 0 Å². The van der Waals surface area contributed by atoms with Crippen molar-refractivity contribution in [1.29, 1.82) is 0 Å². The molecular weight excluding hydrogens is 328 g/mol. The van der Waals surface area contributed by atoms with Gasteiger partial charge in [-0.2, -0.15) is 0 Å². The summed E-state index contributed by atoms with van der Waals surface area (Å²) < 4.78 is 11.6. The van der Waals surface area contributed by atoms with Gasteiger partial charge < -0.3 is 14.6 Å². The third kappa shape index (κ3) is 10.4. The highest BCUT2D eigenvalue weighted by molar-refractivity contribution is 5.87. The van der Waals surface area contributed by atoms with Crippen molar-refractivity contribution in [3.05, 3.63) is 29.8 Å². The minimum absolute atomic E-state index is 0.261. The average Bonchev–Trinajstić information content (AvgIpc) is 2.65. The summed E-state index contributed by atoms with van der Waals surface area (Å²) in [6.07, 6.45) is 13.6. The summed E-state index contributed by atoms with van der Waals surface area (Å²) in [7, 11) is 0. The molecular formula is C22H36O4. The van der Waals surface area contributed by atoms with Crippen LogP contribution in [0.15, 0.2) is 24.3 Å². The highest BCUT2D eigenvalue weighted by Crippen LogP contribution is 2.16. The molecule has 1 atom stereocenters. The van der Waals surface area contributed by atoms with Crippen molar-refractivity contribution in [3.63, 3.8) is 0 Å². The van der Waals surface area contributed by atoms with E-state index in [0.717, 1.165) is 12.8 Å². The van der Waals surface area contributed by atoms with Crippen LogP contribution < -0.4 is 4.74 Å². The van der Waals surface area contributed by atoms with Crippen molar-refractivity contribution in [3.8, 4) is 5.75 Å². The van der Waals surface area contributed by atoms with Crippen molar-refractivity contribution in [1.82, 2.24) is 0 Å². The number of aromatic carboxylic acids is 1. The predicted octanol–water partition coefficient (Wildman–Crippen LogP) is 6.44. The predicted molar refractivity (Wildman–Crippen MR) is 106 cm³/mol. The molecule has 0 aliphatic heterocycles. The molecule has 0 fully saturated rings. The lowest BCUT2D eigenvalue weighted by Crippen LogP contribution is -2.20. The van der Waals surface area contributed by atoms with Crippen LogP contribution in [0.1, 0.15) is 94.8 Å². The van der Waals surface area contributed by atoms with Crippen molar-refractivity contribution in [2.24, 2.45) is 0 Å². The van der Waals surface area contributed by atoms with Crippen molar-refractivity contribution in [2.45, 2.75) is 90.8 Å². The summed E-state index contributed by atoms with van der Waals surface area (Å²) in [6.45, 7) is 4.99. The van der Waals surface area contributed by atoms with Crippen LogP contribution in [0, 0.1) is 0 Å². The molecule has 0 aromatic heterocycles. The zero-order valence-corrected chi connectivity index (χ0v) is 16.5. The first-order valence-corrected chi connectivity index (χ1v) is 10.3. The maximum absolute atomic E-state index is 10.9. The summed E-state index contributed by atoms with van der Waals surface area (Å²) in [5.41, 5.74) is 0.261. The standard InChI is InChI=1S/C22H36O4/c1-3-5-6-7-8-9-10-11-12-13-18-25-21(4-2)26-20-16-14-19(15-17-20)22(23)24/h14-17,21H,3-13,18H2,1-2H3,(H,23,24). The summed E-state index contributed by atoms with van der Waals surface area (Å²) in [5, 5.41) is 8.91. The first-order valence-electron chi connectivity index (χ1n) is 10.3. The van der Waals surface area contributed by atoms with Gasteiger partial charge in [-0.15, -0.1) is 0 Å². The maximum atomic E-state index is 10.9. The van der Waals surface area contributed by atoms with Crippen LogP contribution in [0.5, 0.6) is 5.75 Å². The van der Waals surface area contributed by atoms with Crippen molar-refractivity contribution >= 4 is 5.97 Å². The number of rotatable bonds is 16. The van der Waals surface area contributed by atoms with Crippen LogP contribution in [0.2, 0.25) is 0 Å². The molecule has 1 N–H and O–H groups in total. The molecule has 0 saturated heterocycles. The van der Waals surface area contributed by atoms with Gasteiger partial charge in [0.05, 0.1) is 12.2 Å². The van der Waals surface area contributed by atoms with Crippen LogP contribution in [0.25, 0.3) is 0 Å². The molecule has 26 heavy (non-hydrogen) atoms. The number of benzene rings is 1. The SMILES string of the molecule is CCCCCCCCCCCCOC(CC)Oc1ccc(C(=O)O)cc1. The highest BCUT2D eigenvalue weighted by atomic mass is 16.7. The maximum Gasteiger partial charge on any atom is 0.335 e. The number of carboxylic acids is 1. The zero-order valence-electron chi connectivity index (χ0n) is 16.5. The van der Waals surface area contributed by atoms with E-state index in [1.54, 1.807) is 24.3 Å². The number of ether oxygens (including phenoxy) is 2. The van der Waals surface area contributed by atoms with Gasteiger partial charge in [-0.05, 0) is 30.7 Å². The lowest BCUT2D eigenvalue weighted by molar-refractivity contribution is -0.0825. The van der Waals surface area contributed by atoms with E-state index in [1.807, 2.05) is 6.92 Å². The third-order valence-corrected chi connectivity index (χ3v) is 4.50. The first-order chi connectivity index (χ1) is 12.7. The molecule has 1 aromatic carbocycles. The summed E-state index contributed by atoms with van der Waals surface area (Å²) in [5.74, 6) is -0.286. The molecule has 0 radical (unpaired) electrons. The number of hydrogen-bond acceptors (Lipinski definition) is 3. The summed E-state index contributed by atoms with van der Waals surface area (Å²) in [6, 6.07) is 6.45. The number of carbonyl (C=O) groups is 1. The quantitative estimate of drug-likeness (QED) is 0.271. The van der Waals surface area contributed by atoms with Gasteiger partial charge in [-0.1, -0.05) is 71.6 Å². The minimum atomic E-state index is -0.930. The molecule has 0 bridgehead atoms. The van der Waals surface area contributed by atoms with Crippen LogP contribution in [0.4, 0.5) is 0 Å². The van der Waals surface area contributed by atoms with E-state index in [0.29, 0.717) is 12.4 Å². The average molecular weight is 365 g/mol. The van der Waals surface area contributed by atoms with E-state index in [1.165, 1.54) is 57.8 Å². The minimum Gasteiger partial charge on any atom is -0.478 e. The Labute approximate surface area is 158 Å². The van der Waals surface area contributed by atoms with Crippen LogP contribution in [-0.2, 0) is 4.74 Å². The molecule has 0 heterocycles. The second-order valence-electron chi connectivity index (χ2n) is 6.84. The van der Waals surface area contributed by atoms with E-state index in [4.69, 9.17) is 14.6 Å². The smallest absolute Gasteiger partial charge is 0.335 e. The monoisotopic (exact) mass is 364 g/mol. The summed E-state index contributed by atoms with van der Waals surface area (Å²) in [4.78, 5) is 10.9. The summed E-state index contributed by atoms with van der Waals surface area (Å²) >= 11 is 0. The lowest BCUT2D eigenvalue weighted by atomic mass is 10.1. The molecule has 4 heteroatoms. The van der Waals surface area contributed by atoms with Gasteiger partial charge in [0.15, 0.2) is 6.29 Å². The highest BCUT2D eigenvalue weighted by Gasteiger charge is 2.09. The van der Waals surface area contributed by atoms with Gasteiger partial charge >= 0.3 is 5.97 Å². The second-order valence-corrected chi connectivity index (χ2v) is 6.84. The van der Waals surface area contributed by atoms with Gasteiger partial charge in [0.2, 0.25) is 0 Å². The molecule has 1 aromatic rings. The van der Waals surface area contributed by atoms with Crippen LogP contribution >= 0.6 is 0 Å². The Kier molecular flexibility index (Phi) is 12.6. The van der Waals surface area contributed by atoms with E-state index in [2.05, 4.69) is 6.92 Å². The fraction of sp³-hybridized carbons (Fsp3) is 0.682. The van der Waals surface area contributed by atoms with Crippen molar-refractivity contribution in [2.75, 3.05) is 6.61 Å². The number of hydrogen-bond donors (Lipinski definition) is 1. The van der Waals surface area contributed by atoms with Gasteiger partial charge in [0, 0.05) is 6.42 Å². The van der Waals surface area contributed by atoms with E-state index in [9.17, 15) is 4.79 Å². The fourth-order valence-electron chi connectivity index (χ4n) is 2.87. The molecule has 1 unspecified atom stereocenters. The Balaban J connectivity index is 2.06. The Bertz CT molecular complexity index is 470. The fourth-order valence-corrected chi connectivity index (χ4v) is 2.87. The zero-order chi connectivity index (χ0) is 19.0. The molecule has 0 spiro atoms. The Morgan fingerprint density at radius 1 is 0.885 bits per heavy atom. The molecule has 148 valence electrons. The molecule has 0 aliphatic carbocycles. The molecule has 1 rings (SSSR count). The molecule has 0 amide bonds. The molecule has 4 nitrogen and oxygen atoms in total. The largest absolute Gasteiger partial charge is 0.478 e. The lowest BCUT2D eigenvalue weighted by Gasteiger charge is -2.18. The van der Waals surface area contributed by atoms with Gasteiger partial charge in [0.1, 0.15) is 5.75 Å². The van der Waals surface area contributed by atoms with Gasteiger partial charge in [-0.25, -0.2) is 4.79 Å². The first kappa shape index (κ1) is 22.5. The normalized spacial score (nSPS) is 12.1. The Hall–Kier alpha value is -1.55. The van der Waals surface area contributed by atoms with E-state index < -0.39 is 5.97 Å². The van der Waals surface area contributed by atoms with Crippen LogP contribution in [-0.4, -0.2) is 24.0 Å². The Morgan fingerprint density at radius 3 is 1.92 bits per heavy atom. The van der Waals surface area contributed by atoms with Gasteiger partial charge in [0.25, 0.3) is 0 Å². The van der Waals surface area contributed by atoms with E-state index in [-0.39, 0.29) is 11.9 Å². The second kappa shape index (κ2) is 14.6. The molecule has 0 saturated carbocycles. The van der Waals surface area contributed by atoms with E-state index >= 15 is 0 Å².